The first-order valence-corrected chi connectivity index (χ1v) is 8.84. The van der Waals surface area contributed by atoms with Gasteiger partial charge in [-0.15, -0.1) is 0 Å². The van der Waals surface area contributed by atoms with Gasteiger partial charge in [0.15, 0.2) is 0 Å². The highest BCUT2D eigenvalue weighted by Crippen LogP contribution is 2.44. The number of likely N-dealkylation sites (tertiary alicyclic amines) is 1. The Morgan fingerprint density at radius 3 is 2.29 bits per heavy atom. The van der Waals surface area contributed by atoms with Gasteiger partial charge in [-0.05, 0) is 49.3 Å². The molecule has 0 spiro atoms. The Hall–Kier alpha value is -1.91. The van der Waals surface area contributed by atoms with E-state index >= 15 is 0 Å². The largest absolute Gasteiger partial charge is 0.345 e. The molecule has 4 nitrogen and oxygen atoms in total. The number of halogens is 1. The third-order valence-electron chi connectivity index (χ3n) is 6.02. The first-order chi connectivity index (χ1) is 11.5. The molecule has 3 fully saturated rings. The zero-order valence-electron chi connectivity index (χ0n) is 14.0. The van der Waals surface area contributed by atoms with Crippen molar-refractivity contribution in [3.05, 3.63) is 35.6 Å². The first-order valence-electron chi connectivity index (χ1n) is 8.84. The Morgan fingerprint density at radius 1 is 1.12 bits per heavy atom. The van der Waals surface area contributed by atoms with E-state index in [9.17, 15) is 14.0 Å². The smallest absolute Gasteiger partial charge is 0.228 e. The summed E-state index contributed by atoms with van der Waals surface area (Å²) >= 11 is 0. The summed E-state index contributed by atoms with van der Waals surface area (Å²) in [6.07, 6.45) is 4.34. The summed E-state index contributed by atoms with van der Waals surface area (Å²) < 4.78 is 13.1. The van der Waals surface area contributed by atoms with Crippen molar-refractivity contribution in [3.63, 3.8) is 0 Å². The topological polar surface area (TPSA) is 40.6 Å². The Morgan fingerprint density at radius 2 is 1.75 bits per heavy atom. The summed E-state index contributed by atoms with van der Waals surface area (Å²) in [6, 6.07) is 7.34. The molecule has 24 heavy (non-hydrogen) atoms. The molecule has 128 valence electrons. The highest BCUT2D eigenvalue weighted by molar-refractivity contribution is 5.89. The highest BCUT2D eigenvalue weighted by atomic mass is 19.1. The number of amides is 2. The van der Waals surface area contributed by atoms with Crippen molar-refractivity contribution in [2.24, 2.45) is 5.92 Å². The quantitative estimate of drug-likeness (QED) is 0.836. The molecule has 0 aliphatic carbocycles. The molecule has 4 rings (SSSR count). The van der Waals surface area contributed by atoms with Gasteiger partial charge in [0.2, 0.25) is 11.8 Å². The number of fused-ring (bicyclic) bond motifs is 2. The molecular weight excluding hydrogens is 307 g/mol. The van der Waals surface area contributed by atoms with Gasteiger partial charge in [-0.25, -0.2) is 4.39 Å². The summed E-state index contributed by atoms with van der Waals surface area (Å²) in [5, 5.41) is 0. The minimum absolute atomic E-state index is 0.0712. The van der Waals surface area contributed by atoms with Crippen molar-refractivity contribution in [1.82, 2.24) is 9.80 Å². The number of rotatable bonds is 2. The molecule has 0 N–H and O–H groups in total. The molecule has 3 aliphatic rings. The Bertz CT molecular complexity index is 646. The van der Waals surface area contributed by atoms with Crippen molar-refractivity contribution < 1.29 is 14.0 Å². The monoisotopic (exact) mass is 330 g/mol. The van der Waals surface area contributed by atoms with Gasteiger partial charge < -0.3 is 9.80 Å². The van der Waals surface area contributed by atoms with Gasteiger partial charge in [-0.1, -0.05) is 12.1 Å². The average Bonchev–Trinajstić information content (AvgIpc) is 3.04. The van der Waals surface area contributed by atoms with Gasteiger partial charge in [-0.2, -0.15) is 0 Å². The second-order valence-electron chi connectivity index (χ2n) is 7.53. The minimum atomic E-state index is -0.204. The number of benzene rings is 1. The van der Waals surface area contributed by atoms with Gasteiger partial charge in [0, 0.05) is 32.1 Å². The van der Waals surface area contributed by atoms with Crippen LogP contribution in [0.1, 0.15) is 43.6 Å². The molecule has 1 unspecified atom stereocenters. The molecule has 1 aromatic rings. The molecule has 3 saturated heterocycles. The maximum absolute atomic E-state index is 13.1. The van der Waals surface area contributed by atoms with Crippen molar-refractivity contribution in [2.75, 3.05) is 13.6 Å². The number of carbonyl (C=O) groups is 2. The number of hydrogen-bond acceptors (Lipinski definition) is 2. The summed E-state index contributed by atoms with van der Waals surface area (Å²) in [5.74, 6) is 0.261. The highest BCUT2D eigenvalue weighted by Gasteiger charge is 2.46. The van der Waals surface area contributed by atoms with Crippen LogP contribution in [-0.2, 0) is 9.59 Å². The van der Waals surface area contributed by atoms with Crippen LogP contribution in [0.3, 0.4) is 0 Å². The maximum atomic E-state index is 13.1. The molecular formula is C19H23FN2O2. The fraction of sp³-hybridized carbons (Fsp3) is 0.579. The van der Waals surface area contributed by atoms with E-state index in [0.717, 1.165) is 25.7 Å². The summed E-state index contributed by atoms with van der Waals surface area (Å²) in [7, 11) is 1.77. The molecule has 0 saturated carbocycles. The average molecular weight is 330 g/mol. The van der Waals surface area contributed by atoms with Crippen LogP contribution >= 0.6 is 0 Å². The number of carbonyl (C=O) groups excluding carboxylic acids is 2. The predicted molar refractivity (Wildman–Crippen MR) is 87.8 cm³/mol. The molecule has 1 aromatic carbocycles. The molecule has 4 atom stereocenters. The Balaban J connectivity index is 1.48. The van der Waals surface area contributed by atoms with E-state index in [1.165, 1.54) is 17.7 Å². The lowest BCUT2D eigenvalue weighted by molar-refractivity contribution is -0.140. The lowest BCUT2D eigenvalue weighted by Crippen LogP contribution is -2.48. The second-order valence-corrected chi connectivity index (χ2v) is 7.53. The van der Waals surface area contributed by atoms with Gasteiger partial charge in [0.25, 0.3) is 0 Å². The van der Waals surface area contributed by atoms with Crippen LogP contribution in [0.15, 0.2) is 24.3 Å². The summed E-state index contributed by atoms with van der Waals surface area (Å²) in [4.78, 5) is 28.4. The molecule has 2 bridgehead atoms. The molecule has 2 amide bonds. The lowest BCUT2D eigenvalue weighted by atomic mass is 9.84. The second kappa shape index (κ2) is 5.87. The zero-order chi connectivity index (χ0) is 16.8. The third kappa shape index (κ3) is 2.60. The van der Waals surface area contributed by atoms with Crippen LogP contribution in [0, 0.1) is 11.7 Å². The number of piperidine rings is 1. The van der Waals surface area contributed by atoms with E-state index in [1.807, 2.05) is 12.1 Å². The third-order valence-corrected chi connectivity index (χ3v) is 6.02. The normalized spacial score (nSPS) is 32.5. The molecule has 0 aromatic heterocycles. The maximum Gasteiger partial charge on any atom is 0.228 e. The van der Waals surface area contributed by atoms with E-state index in [0.29, 0.717) is 18.9 Å². The van der Waals surface area contributed by atoms with Gasteiger partial charge in [0.05, 0.1) is 5.92 Å². The lowest BCUT2D eigenvalue weighted by Gasteiger charge is -2.40. The zero-order valence-corrected chi connectivity index (χ0v) is 14.0. The fourth-order valence-corrected chi connectivity index (χ4v) is 4.78. The first kappa shape index (κ1) is 15.6. The van der Waals surface area contributed by atoms with Crippen LogP contribution in [-0.4, -0.2) is 47.3 Å². The minimum Gasteiger partial charge on any atom is -0.345 e. The van der Waals surface area contributed by atoms with Gasteiger partial charge >= 0.3 is 0 Å². The van der Waals surface area contributed by atoms with E-state index in [-0.39, 0.29) is 35.6 Å². The van der Waals surface area contributed by atoms with Crippen LogP contribution in [0.25, 0.3) is 0 Å². The van der Waals surface area contributed by atoms with Crippen LogP contribution in [0.4, 0.5) is 4.39 Å². The van der Waals surface area contributed by atoms with Gasteiger partial charge in [-0.3, -0.25) is 9.59 Å². The molecule has 3 heterocycles. The van der Waals surface area contributed by atoms with Crippen LogP contribution < -0.4 is 0 Å². The van der Waals surface area contributed by atoms with Crippen molar-refractivity contribution >= 4 is 11.8 Å². The number of hydrogen-bond donors (Lipinski definition) is 0. The van der Waals surface area contributed by atoms with Crippen LogP contribution in [0.2, 0.25) is 0 Å². The number of nitrogens with zero attached hydrogens (tertiary/aromatic N) is 2. The van der Waals surface area contributed by atoms with Crippen molar-refractivity contribution in [3.8, 4) is 0 Å². The van der Waals surface area contributed by atoms with E-state index in [1.54, 1.807) is 11.9 Å². The Kier molecular flexibility index (Phi) is 3.82. The van der Waals surface area contributed by atoms with Gasteiger partial charge in [0.1, 0.15) is 5.82 Å². The Labute approximate surface area is 141 Å². The predicted octanol–water partition coefficient (Wildman–Crippen LogP) is 2.54. The standard InChI is InChI=1S/C19H23FN2O2/c1-21-11-14(10-18(21)23)19(24)22-16-6-7-17(22)9-13(8-16)12-2-4-15(20)5-3-12/h2-5,13-14,16-17H,6-11H2,1H3/t13?,14-,16-,17+/m1/s1. The van der Waals surface area contributed by atoms with Crippen LogP contribution in [0.5, 0.6) is 0 Å². The van der Waals surface area contributed by atoms with E-state index < -0.39 is 0 Å². The molecule has 0 radical (unpaired) electrons. The van der Waals surface area contributed by atoms with E-state index in [2.05, 4.69) is 4.90 Å². The van der Waals surface area contributed by atoms with Crippen molar-refractivity contribution in [1.29, 1.82) is 0 Å². The summed E-state index contributed by atoms with van der Waals surface area (Å²) in [6.45, 7) is 0.551. The molecule has 5 heteroatoms. The van der Waals surface area contributed by atoms with Crippen molar-refractivity contribution in [2.45, 2.75) is 50.1 Å². The molecule has 3 aliphatic heterocycles. The fourth-order valence-electron chi connectivity index (χ4n) is 4.78. The summed E-state index contributed by atoms with van der Waals surface area (Å²) in [5.41, 5.74) is 1.18. The van der Waals surface area contributed by atoms with E-state index in [4.69, 9.17) is 0 Å². The SMILES string of the molecule is CN1C[C@H](C(=O)N2[C@@H]3CC[C@H]2CC(c2ccc(F)cc2)C3)CC1=O.